The van der Waals surface area contributed by atoms with Crippen LogP contribution >= 0.6 is 0 Å². The van der Waals surface area contributed by atoms with Crippen molar-refractivity contribution in [1.82, 2.24) is 15.2 Å². The smallest absolute Gasteiger partial charge is 0.273 e. The number of anilines is 1. The third-order valence-corrected chi connectivity index (χ3v) is 4.45. The second-order valence-corrected chi connectivity index (χ2v) is 6.48. The molecule has 6 heteroatoms. The van der Waals surface area contributed by atoms with Crippen molar-refractivity contribution in [3.05, 3.63) is 47.7 Å². The highest BCUT2D eigenvalue weighted by Gasteiger charge is 2.20. The molecule has 25 heavy (non-hydrogen) atoms. The van der Waals surface area contributed by atoms with Crippen molar-refractivity contribution in [2.75, 3.05) is 37.6 Å². The van der Waals surface area contributed by atoms with E-state index in [-0.39, 0.29) is 5.91 Å². The third kappa shape index (κ3) is 4.60. The molecule has 0 atom stereocenters. The molecule has 0 aliphatic carbocycles. The Morgan fingerprint density at radius 3 is 2.60 bits per heavy atom. The summed E-state index contributed by atoms with van der Waals surface area (Å²) in [6, 6.07) is 8.67. The molecule has 2 heterocycles. The Bertz CT molecular complexity index is 688. The van der Waals surface area contributed by atoms with Gasteiger partial charge in [0.15, 0.2) is 5.69 Å². The lowest BCUT2D eigenvalue weighted by Gasteiger charge is -2.35. The average Bonchev–Trinajstić information content (AvgIpc) is 3.10. The topological polar surface area (TPSA) is 61.6 Å². The van der Waals surface area contributed by atoms with Gasteiger partial charge in [0.2, 0.25) is 5.89 Å². The Labute approximate surface area is 148 Å². The predicted octanol–water partition coefficient (Wildman–Crippen LogP) is 2.45. The number of oxazole rings is 1. The number of hydrogen-bond donors (Lipinski definition) is 1. The zero-order chi connectivity index (χ0) is 17.6. The fourth-order valence-corrected chi connectivity index (χ4v) is 2.93. The van der Waals surface area contributed by atoms with Crippen molar-refractivity contribution in [2.45, 2.75) is 26.8 Å². The summed E-state index contributed by atoms with van der Waals surface area (Å²) < 4.78 is 5.47. The molecule has 1 aliphatic rings. The van der Waals surface area contributed by atoms with Crippen LogP contribution in [0.2, 0.25) is 0 Å². The summed E-state index contributed by atoms with van der Waals surface area (Å²) >= 11 is 0. The number of rotatable bonds is 6. The first-order valence-corrected chi connectivity index (χ1v) is 8.92. The quantitative estimate of drug-likeness (QED) is 0.874. The van der Waals surface area contributed by atoms with Gasteiger partial charge in [-0.25, -0.2) is 4.98 Å². The minimum atomic E-state index is -0.166. The molecular formula is C19H26N4O2. The van der Waals surface area contributed by atoms with E-state index in [9.17, 15) is 4.79 Å². The number of hydrogen-bond acceptors (Lipinski definition) is 5. The predicted molar refractivity (Wildman–Crippen MR) is 97.8 cm³/mol. The number of carbonyl (C=O) groups excluding carboxylic acids is 1. The number of aromatic nitrogens is 1. The highest BCUT2D eigenvalue weighted by atomic mass is 16.3. The Balaban J connectivity index is 1.50. The molecule has 0 unspecified atom stereocenters. The van der Waals surface area contributed by atoms with Gasteiger partial charge < -0.3 is 14.6 Å². The first kappa shape index (κ1) is 17.5. The Kier molecular flexibility index (Phi) is 5.71. The SMILES string of the molecule is CCCNC(=O)c1coc(CN2CCN(c3ccc(C)cc3)CC2)n1. The number of amides is 1. The van der Waals surface area contributed by atoms with E-state index in [0.29, 0.717) is 24.7 Å². The van der Waals surface area contributed by atoms with Crippen LogP contribution < -0.4 is 10.2 Å². The molecule has 3 rings (SSSR count). The normalized spacial score (nSPS) is 15.4. The number of carbonyl (C=O) groups is 1. The number of nitrogens with one attached hydrogen (secondary N) is 1. The number of piperazine rings is 1. The summed E-state index contributed by atoms with van der Waals surface area (Å²) in [6.45, 7) is 9.28. The molecule has 1 aromatic heterocycles. The summed E-state index contributed by atoms with van der Waals surface area (Å²) in [5.41, 5.74) is 2.92. The monoisotopic (exact) mass is 342 g/mol. The molecule has 6 nitrogen and oxygen atoms in total. The first-order valence-electron chi connectivity index (χ1n) is 8.92. The lowest BCUT2D eigenvalue weighted by molar-refractivity contribution is 0.0948. The highest BCUT2D eigenvalue weighted by molar-refractivity contribution is 5.91. The zero-order valence-electron chi connectivity index (χ0n) is 15.0. The van der Waals surface area contributed by atoms with Crippen molar-refractivity contribution in [1.29, 1.82) is 0 Å². The molecule has 0 bridgehead atoms. The van der Waals surface area contributed by atoms with Gasteiger partial charge >= 0.3 is 0 Å². The summed E-state index contributed by atoms with van der Waals surface area (Å²) in [5.74, 6) is 0.437. The van der Waals surface area contributed by atoms with Gasteiger partial charge in [0.1, 0.15) is 6.26 Å². The standard InChI is InChI=1S/C19H26N4O2/c1-3-8-20-19(24)17-14-25-18(21-17)13-22-9-11-23(12-10-22)16-6-4-15(2)5-7-16/h4-7,14H,3,8-13H2,1-2H3,(H,20,24). The van der Waals surface area contributed by atoms with E-state index in [0.717, 1.165) is 32.6 Å². The lowest BCUT2D eigenvalue weighted by atomic mass is 10.2. The fraction of sp³-hybridized carbons (Fsp3) is 0.474. The van der Waals surface area contributed by atoms with Gasteiger partial charge in [-0.15, -0.1) is 0 Å². The highest BCUT2D eigenvalue weighted by Crippen LogP contribution is 2.18. The van der Waals surface area contributed by atoms with Crippen LogP contribution in [0, 0.1) is 6.92 Å². The molecule has 1 N–H and O–H groups in total. The summed E-state index contributed by atoms with van der Waals surface area (Å²) in [4.78, 5) is 20.9. The summed E-state index contributed by atoms with van der Waals surface area (Å²) in [6.07, 6.45) is 2.35. The molecule has 0 spiro atoms. The summed E-state index contributed by atoms with van der Waals surface area (Å²) in [7, 11) is 0. The molecule has 1 amide bonds. The second kappa shape index (κ2) is 8.16. The Hall–Kier alpha value is -2.34. The van der Waals surface area contributed by atoms with Crippen LogP contribution in [-0.2, 0) is 6.54 Å². The first-order chi connectivity index (χ1) is 12.2. The van der Waals surface area contributed by atoms with Gasteiger partial charge in [0.25, 0.3) is 5.91 Å². The minimum Gasteiger partial charge on any atom is -0.447 e. The van der Waals surface area contributed by atoms with Crippen LogP contribution in [0.25, 0.3) is 0 Å². The zero-order valence-corrected chi connectivity index (χ0v) is 15.0. The molecule has 134 valence electrons. The van der Waals surface area contributed by atoms with Crippen molar-refractivity contribution >= 4 is 11.6 Å². The Morgan fingerprint density at radius 2 is 1.92 bits per heavy atom. The van der Waals surface area contributed by atoms with Crippen LogP contribution in [0.3, 0.4) is 0 Å². The molecule has 0 saturated carbocycles. The second-order valence-electron chi connectivity index (χ2n) is 6.48. The Morgan fingerprint density at radius 1 is 1.20 bits per heavy atom. The maximum Gasteiger partial charge on any atom is 0.273 e. The maximum absolute atomic E-state index is 11.9. The number of benzene rings is 1. The molecule has 2 aromatic rings. The van der Waals surface area contributed by atoms with Gasteiger partial charge in [-0.2, -0.15) is 0 Å². The third-order valence-electron chi connectivity index (χ3n) is 4.45. The van der Waals surface area contributed by atoms with Crippen molar-refractivity contribution in [3.8, 4) is 0 Å². The molecule has 1 fully saturated rings. The number of aryl methyl sites for hydroxylation is 1. The lowest BCUT2D eigenvalue weighted by Crippen LogP contribution is -2.46. The molecule has 1 aromatic carbocycles. The van der Waals surface area contributed by atoms with E-state index in [1.54, 1.807) is 0 Å². The number of nitrogens with zero attached hydrogens (tertiary/aromatic N) is 3. The van der Waals surface area contributed by atoms with Gasteiger partial charge in [-0.05, 0) is 25.5 Å². The maximum atomic E-state index is 11.9. The molecule has 1 saturated heterocycles. The average molecular weight is 342 g/mol. The molecule has 0 radical (unpaired) electrons. The van der Waals surface area contributed by atoms with E-state index in [1.807, 2.05) is 6.92 Å². The van der Waals surface area contributed by atoms with Crippen LogP contribution in [0.15, 0.2) is 34.9 Å². The van der Waals surface area contributed by atoms with Gasteiger partial charge in [-0.1, -0.05) is 24.6 Å². The van der Waals surface area contributed by atoms with Crippen LogP contribution in [0.5, 0.6) is 0 Å². The largest absolute Gasteiger partial charge is 0.447 e. The van der Waals surface area contributed by atoms with Crippen molar-refractivity contribution in [2.24, 2.45) is 0 Å². The van der Waals surface area contributed by atoms with E-state index >= 15 is 0 Å². The summed E-state index contributed by atoms with van der Waals surface area (Å²) in [5, 5.41) is 2.81. The fourth-order valence-electron chi connectivity index (χ4n) is 2.93. The van der Waals surface area contributed by atoms with E-state index in [4.69, 9.17) is 4.42 Å². The van der Waals surface area contributed by atoms with Crippen LogP contribution in [0.1, 0.15) is 35.3 Å². The minimum absolute atomic E-state index is 0.166. The van der Waals surface area contributed by atoms with Crippen molar-refractivity contribution in [3.63, 3.8) is 0 Å². The molecule has 1 aliphatic heterocycles. The van der Waals surface area contributed by atoms with E-state index in [1.165, 1.54) is 17.5 Å². The molecular weight excluding hydrogens is 316 g/mol. The van der Waals surface area contributed by atoms with Crippen molar-refractivity contribution < 1.29 is 9.21 Å². The van der Waals surface area contributed by atoms with Gasteiger partial charge in [-0.3, -0.25) is 9.69 Å². The van der Waals surface area contributed by atoms with E-state index < -0.39 is 0 Å². The van der Waals surface area contributed by atoms with Gasteiger partial charge in [0.05, 0.1) is 6.54 Å². The van der Waals surface area contributed by atoms with Crippen LogP contribution in [-0.4, -0.2) is 48.5 Å². The van der Waals surface area contributed by atoms with E-state index in [2.05, 4.69) is 51.3 Å². The van der Waals surface area contributed by atoms with Crippen LogP contribution in [0.4, 0.5) is 5.69 Å². The van der Waals surface area contributed by atoms with Gasteiger partial charge in [0, 0.05) is 38.4 Å².